The maximum absolute atomic E-state index is 9.27. The summed E-state index contributed by atoms with van der Waals surface area (Å²) in [5, 5.41) is 12.4. The highest BCUT2D eigenvalue weighted by molar-refractivity contribution is 5.31. The summed E-state index contributed by atoms with van der Waals surface area (Å²) in [5.74, 6) is 0.589. The number of aliphatic hydroxyl groups is 1. The summed E-state index contributed by atoms with van der Waals surface area (Å²) in [6.07, 6.45) is 0.819. The molecule has 1 atom stereocenters. The number of hydrogen-bond acceptors (Lipinski definition) is 4. The van der Waals surface area contributed by atoms with Crippen molar-refractivity contribution in [3.63, 3.8) is 0 Å². The van der Waals surface area contributed by atoms with Crippen LogP contribution in [-0.2, 0) is 0 Å². The van der Waals surface area contributed by atoms with Gasteiger partial charge in [0, 0.05) is 11.4 Å². The van der Waals surface area contributed by atoms with Crippen LogP contribution in [0.1, 0.15) is 31.7 Å². The highest BCUT2D eigenvalue weighted by Gasteiger charge is 2.21. The molecule has 0 amide bonds. The van der Waals surface area contributed by atoms with Crippen LogP contribution < -0.4 is 5.32 Å². The third kappa shape index (κ3) is 3.16. The Bertz CT molecular complexity index is 314. The molecule has 0 saturated heterocycles. The van der Waals surface area contributed by atoms with E-state index in [1.165, 1.54) is 0 Å². The number of hydrogen-bond donors (Lipinski definition) is 2. The Balaban J connectivity index is 2.88. The maximum Gasteiger partial charge on any atom is 0.223 e. The number of nitrogens with zero attached hydrogens (tertiary/aromatic N) is 2. The average molecular weight is 209 g/mol. The maximum atomic E-state index is 9.27. The molecule has 0 aliphatic rings. The van der Waals surface area contributed by atoms with Crippen LogP contribution in [-0.4, -0.2) is 27.2 Å². The number of anilines is 1. The molecule has 1 aromatic heterocycles. The molecule has 4 heteroatoms. The molecular weight excluding hydrogens is 190 g/mol. The van der Waals surface area contributed by atoms with Gasteiger partial charge in [0.25, 0.3) is 0 Å². The van der Waals surface area contributed by atoms with Crippen LogP contribution in [0.3, 0.4) is 0 Å². The quantitative estimate of drug-likeness (QED) is 0.792. The molecule has 0 radical (unpaired) electrons. The van der Waals surface area contributed by atoms with Gasteiger partial charge in [-0.15, -0.1) is 0 Å². The van der Waals surface area contributed by atoms with E-state index in [0.717, 1.165) is 17.8 Å². The third-order valence-electron chi connectivity index (χ3n) is 2.53. The SMILES string of the molecule is CCC(C)(CO)Nc1nc(C)cc(C)n1. The second-order valence-corrected chi connectivity index (χ2v) is 4.17. The Kier molecular flexibility index (Phi) is 3.63. The molecule has 2 N–H and O–H groups in total. The van der Waals surface area contributed by atoms with Gasteiger partial charge in [-0.1, -0.05) is 6.92 Å². The third-order valence-corrected chi connectivity index (χ3v) is 2.53. The molecular formula is C11H19N3O. The number of aryl methyl sites for hydroxylation is 2. The number of rotatable bonds is 4. The van der Waals surface area contributed by atoms with Gasteiger partial charge in [-0.2, -0.15) is 0 Å². The molecule has 15 heavy (non-hydrogen) atoms. The number of nitrogens with one attached hydrogen (secondary N) is 1. The van der Waals surface area contributed by atoms with Crippen molar-refractivity contribution in [3.8, 4) is 0 Å². The second kappa shape index (κ2) is 4.57. The Morgan fingerprint density at radius 2 is 1.87 bits per heavy atom. The molecule has 1 heterocycles. The van der Waals surface area contributed by atoms with Gasteiger partial charge in [-0.25, -0.2) is 9.97 Å². The van der Waals surface area contributed by atoms with Crippen LogP contribution in [0.4, 0.5) is 5.95 Å². The fraction of sp³-hybridized carbons (Fsp3) is 0.636. The molecule has 0 saturated carbocycles. The number of aliphatic hydroxyl groups excluding tert-OH is 1. The van der Waals surface area contributed by atoms with Crippen molar-refractivity contribution in [2.75, 3.05) is 11.9 Å². The van der Waals surface area contributed by atoms with Crippen molar-refractivity contribution < 1.29 is 5.11 Å². The van der Waals surface area contributed by atoms with Crippen LogP contribution in [0.2, 0.25) is 0 Å². The zero-order valence-corrected chi connectivity index (χ0v) is 9.83. The smallest absolute Gasteiger partial charge is 0.223 e. The molecule has 1 rings (SSSR count). The van der Waals surface area contributed by atoms with Crippen molar-refractivity contribution in [2.45, 2.75) is 39.7 Å². The zero-order chi connectivity index (χ0) is 11.5. The molecule has 4 nitrogen and oxygen atoms in total. The summed E-state index contributed by atoms with van der Waals surface area (Å²) in [5.41, 5.74) is 1.52. The molecule has 1 unspecified atom stereocenters. The average Bonchev–Trinajstić information content (AvgIpc) is 2.16. The lowest BCUT2D eigenvalue weighted by molar-refractivity contribution is 0.218. The summed E-state index contributed by atoms with van der Waals surface area (Å²) in [7, 11) is 0. The van der Waals surface area contributed by atoms with Gasteiger partial charge < -0.3 is 10.4 Å². The fourth-order valence-corrected chi connectivity index (χ4v) is 1.29. The van der Waals surface area contributed by atoms with Gasteiger partial charge in [-0.3, -0.25) is 0 Å². The summed E-state index contributed by atoms with van der Waals surface area (Å²) >= 11 is 0. The van der Waals surface area contributed by atoms with Crippen molar-refractivity contribution in [2.24, 2.45) is 0 Å². The second-order valence-electron chi connectivity index (χ2n) is 4.17. The number of aromatic nitrogens is 2. The van der Waals surface area contributed by atoms with E-state index in [1.54, 1.807) is 0 Å². The van der Waals surface area contributed by atoms with E-state index in [-0.39, 0.29) is 12.1 Å². The van der Waals surface area contributed by atoms with E-state index in [1.807, 2.05) is 33.8 Å². The van der Waals surface area contributed by atoms with Crippen LogP contribution in [0.5, 0.6) is 0 Å². The molecule has 0 bridgehead atoms. The molecule has 0 spiro atoms. The molecule has 0 aromatic carbocycles. The van der Waals surface area contributed by atoms with Crippen molar-refractivity contribution in [1.29, 1.82) is 0 Å². The van der Waals surface area contributed by atoms with Gasteiger partial charge in [0.15, 0.2) is 0 Å². The Morgan fingerprint density at radius 1 is 1.33 bits per heavy atom. The van der Waals surface area contributed by atoms with Gasteiger partial charge in [0.2, 0.25) is 5.95 Å². The zero-order valence-electron chi connectivity index (χ0n) is 9.83. The van der Waals surface area contributed by atoms with Crippen LogP contribution in [0.15, 0.2) is 6.07 Å². The van der Waals surface area contributed by atoms with Gasteiger partial charge in [-0.05, 0) is 33.3 Å². The minimum absolute atomic E-state index is 0.0693. The predicted molar refractivity (Wildman–Crippen MR) is 60.9 cm³/mol. The molecule has 1 aromatic rings. The molecule has 0 aliphatic carbocycles. The lowest BCUT2D eigenvalue weighted by Gasteiger charge is -2.27. The molecule has 84 valence electrons. The van der Waals surface area contributed by atoms with Gasteiger partial charge in [0.05, 0.1) is 12.1 Å². The summed E-state index contributed by atoms with van der Waals surface area (Å²) in [6.45, 7) is 7.91. The van der Waals surface area contributed by atoms with E-state index in [0.29, 0.717) is 5.95 Å². The van der Waals surface area contributed by atoms with E-state index < -0.39 is 0 Å². The normalized spacial score (nSPS) is 14.7. The van der Waals surface area contributed by atoms with Crippen LogP contribution >= 0.6 is 0 Å². The van der Waals surface area contributed by atoms with Gasteiger partial charge in [0.1, 0.15) is 0 Å². The molecule has 0 aliphatic heterocycles. The van der Waals surface area contributed by atoms with E-state index in [4.69, 9.17) is 0 Å². The topological polar surface area (TPSA) is 58.0 Å². The summed E-state index contributed by atoms with van der Waals surface area (Å²) < 4.78 is 0. The van der Waals surface area contributed by atoms with E-state index >= 15 is 0 Å². The first-order valence-corrected chi connectivity index (χ1v) is 5.20. The summed E-state index contributed by atoms with van der Waals surface area (Å²) in [4.78, 5) is 8.56. The van der Waals surface area contributed by atoms with Crippen molar-refractivity contribution in [1.82, 2.24) is 9.97 Å². The highest BCUT2D eigenvalue weighted by Crippen LogP contribution is 2.15. The Morgan fingerprint density at radius 3 is 2.27 bits per heavy atom. The standard InChI is InChI=1S/C11H19N3O/c1-5-11(4,7-15)14-10-12-8(2)6-9(3)13-10/h6,15H,5,7H2,1-4H3,(H,12,13,14). The first-order valence-electron chi connectivity index (χ1n) is 5.20. The van der Waals surface area contributed by atoms with E-state index in [9.17, 15) is 5.11 Å². The lowest BCUT2D eigenvalue weighted by atomic mass is 10.0. The monoisotopic (exact) mass is 209 g/mol. The lowest BCUT2D eigenvalue weighted by Crippen LogP contribution is -2.38. The van der Waals surface area contributed by atoms with Crippen LogP contribution in [0, 0.1) is 13.8 Å². The highest BCUT2D eigenvalue weighted by atomic mass is 16.3. The van der Waals surface area contributed by atoms with Crippen molar-refractivity contribution >= 4 is 5.95 Å². The Labute approximate surface area is 90.8 Å². The first-order chi connectivity index (χ1) is 6.99. The summed E-state index contributed by atoms with van der Waals surface area (Å²) in [6, 6.07) is 1.92. The fourth-order valence-electron chi connectivity index (χ4n) is 1.29. The Hall–Kier alpha value is -1.16. The minimum Gasteiger partial charge on any atom is -0.394 e. The first kappa shape index (κ1) is 11.9. The van der Waals surface area contributed by atoms with Crippen molar-refractivity contribution in [3.05, 3.63) is 17.5 Å². The van der Waals surface area contributed by atoms with E-state index in [2.05, 4.69) is 15.3 Å². The largest absolute Gasteiger partial charge is 0.394 e. The van der Waals surface area contributed by atoms with Crippen LogP contribution in [0.25, 0.3) is 0 Å². The predicted octanol–water partition coefficient (Wildman–Crippen LogP) is 1.67. The van der Waals surface area contributed by atoms with Gasteiger partial charge >= 0.3 is 0 Å². The minimum atomic E-state index is -0.347. The molecule has 0 fully saturated rings.